The molecule has 0 aliphatic rings. The van der Waals surface area contributed by atoms with E-state index in [9.17, 15) is 9.59 Å². The lowest BCUT2D eigenvalue weighted by atomic mass is 10.1. The van der Waals surface area contributed by atoms with Gasteiger partial charge in [-0.2, -0.15) is 0 Å². The topological polar surface area (TPSA) is 117 Å². The number of amides is 1. The number of carbonyl (C=O) groups excluding carboxylic acids is 1. The van der Waals surface area contributed by atoms with Crippen LogP contribution < -0.4 is 19.7 Å². The molecule has 0 atom stereocenters. The Bertz CT molecular complexity index is 1420. The second-order valence-electron chi connectivity index (χ2n) is 8.25. The van der Waals surface area contributed by atoms with Gasteiger partial charge in [0.15, 0.2) is 0 Å². The lowest BCUT2D eigenvalue weighted by Crippen LogP contribution is -2.26. The average Bonchev–Trinajstić information content (AvgIpc) is 2.94. The fourth-order valence-corrected chi connectivity index (χ4v) is 4.80. The number of nitrogens with zero attached hydrogens (tertiary/aromatic N) is 3. The number of aliphatic carboxylic acids is 1. The van der Waals surface area contributed by atoms with Crippen molar-refractivity contribution in [3.05, 3.63) is 84.2 Å². The zero-order valence-electron chi connectivity index (χ0n) is 21.2. The molecule has 0 unspecified atom stereocenters. The number of carboxylic acid groups (broad SMARTS) is 1. The molecule has 0 spiro atoms. The molecule has 0 saturated heterocycles. The summed E-state index contributed by atoms with van der Waals surface area (Å²) in [5.41, 5.74) is 1.34. The number of ether oxygens (including phenoxy) is 1. The summed E-state index contributed by atoms with van der Waals surface area (Å²) in [6.07, 6.45) is 4.03. The summed E-state index contributed by atoms with van der Waals surface area (Å²) in [5, 5.41) is 13.5. The Morgan fingerprint density at radius 1 is 1.05 bits per heavy atom. The van der Waals surface area contributed by atoms with Crippen LogP contribution >= 0.6 is 11.9 Å². The quantitative estimate of drug-likeness (QED) is 0.228. The van der Waals surface area contributed by atoms with Gasteiger partial charge in [0.05, 0.1) is 12.2 Å². The zero-order chi connectivity index (χ0) is 26.9. The molecule has 0 saturated carbocycles. The molecule has 10 heteroatoms. The van der Waals surface area contributed by atoms with Gasteiger partial charge in [0, 0.05) is 48.1 Å². The van der Waals surface area contributed by atoms with Crippen molar-refractivity contribution in [3.8, 4) is 5.75 Å². The van der Waals surface area contributed by atoms with Gasteiger partial charge < -0.3 is 20.1 Å². The number of hydrogen-bond donors (Lipinski definition) is 3. The Balaban J connectivity index is 1.51. The number of benzene rings is 2. The fraction of sp³-hybridized carbons (Fsp3) is 0.214. The van der Waals surface area contributed by atoms with Crippen LogP contribution in [-0.4, -0.2) is 53.7 Å². The third-order valence-corrected chi connectivity index (χ3v) is 6.65. The highest BCUT2D eigenvalue weighted by atomic mass is 32.2. The maximum atomic E-state index is 12.8. The molecule has 2 aromatic carbocycles. The molecular formula is C28H29N5O4S. The molecule has 2 aromatic heterocycles. The van der Waals surface area contributed by atoms with Crippen LogP contribution in [0.3, 0.4) is 0 Å². The summed E-state index contributed by atoms with van der Waals surface area (Å²) in [6, 6.07) is 19.1. The van der Waals surface area contributed by atoms with E-state index in [1.165, 1.54) is 11.9 Å². The van der Waals surface area contributed by atoms with Crippen LogP contribution in [0.5, 0.6) is 5.75 Å². The van der Waals surface area contributed by atoms with Crippen LogP contribution in [0.25, 0.3) is 10.8 Å². The molecule has 3 N–H and O–H groups in total. The minimum atomic E-state index is -0.914. The van der Waals surface area contributed by atoms with Crippen LogP contribution in [0.1, 0.15) is 22.8 Å². The van der Waals surface area contributed by atoms with Gasteiger partial charge in [0.25, 0.3) is 5.91 Å². The standard InChI is InChI=1S/C28H29N5O4S/c1-3-33(25-12-4-5-14-30-25)27-22(28(36)29-2)16-19(17-31-27)13-15-37-23-10-6-9-21-20(23)8-7-11-24(21)38-32-18-26(34)35/h4-12,14,16-17,32H,3,13,15,18H2,1-2H3,(H,29,36)(H,34,35). The van der Waals surface area contributed by atoms with E-state index in [2.05, 4.69) is 20.0 Å². The molecule has 0 radical (unpaired) electrons. The van der Waals surface area contributed by atoms with Crippen LogP contribution in [-0.2, 0) is 11.2 Å². The predicted molar refractivity (Wildman–Crippen MR) is 149 cm³/mol. The van der Waals surface area contributed by atoms with Crippen LogP contribution in [0.4, 0.5) is 11.6 Å². The highest BCUT2D eigenvalue weighted by molar-refractivity contribution is 7.97. The first-order valence-corrected chi connectivity index (χ1v) is 13.0. The van der Waals surface area contributed by atoms with Crippen molar-refractivity contribution in [2.45, 2.75) is 18.2 Å². The van der Waals surface area contributed by atoms with Gasteiger partial charge in [-0.1, -0.05) is 30.3 Å². The van der Waals surface area contributed by atoms with Crippen molar-refractivity contribution >= 4 is 46.2 Å². The smallest absolute Gasteiger partial charge is 0.318 e. The second-order valence-corrected chi connectivity index (χ2v) is 9.18. The molecule has 0 aliphatic heterocycles. The van der Waals surface area contributed by atoms with E-state index in [1.54, 1.807) is 19.4 Å². The van der Waals surface area contributed by atoms with Crippen molar-refractivity contribution in [2.24, 2.45) is 0 Å². The van der Waals surface area contributed by atoms with Gasteiger partial charge in [-0.05, 0) is 54.8 Å². The largest absolute Gasteiger partial charge is 0.493 e. The van der Waals surface area contributed by atoms with Gasteiger partial charge in [-0.15, -0.1) is 0 Å². The minimum Gasteiger partial charge on any atom is -0.493 e. The van der Waals surface area contributed by atoms with Gasteiger partial charge in [0.1, 0.15) is 23.9 Å². The Morgan fingerprint density at radius 2 is 1.87 bits per heavy atom. The average molecular weight is 532 g/mol. The lowest BCUT2D eigenvalue weighted by Gasteiger charge is -2.23. The van der Waals surface area contributed by atoms with Gasteiger partial charge >= 0.3 is 5.97 Å². The molecule has 0 bridgehead atoms. The number of aromatic nitrogens is 2. The molecule has 0 fully saturated rings. The summed E-state index contributed by atoms with van der Waals surface area (Å²) < 4.78 is 9.00. The molecule has 0 aliphatic carbocycles. The Kier molecular flexibility index (Phi) is 9.12. The number of fused-ring (bicyclic) bond motifs is 1. The lowest BCUT2D eigenvalue weighted by molar-refractivity contribution is -0.135. The van der Waals surface area contributed by atoms with Gasteiger partial charge in [-0.3, -0.25) is 9.59 Å². The van der Waals surface area contributed by atoms with E-state index in [4.69, 9.17) is 9.84 Å². The number of hydrogen-bond acceptors (Lipinski definition) is 8. The Morgan fingerprint density at radius 3 is 2.61 bits per heavy atom. The maximum Gasteiger partial charge on any atom is 0.318 e. The molecule has 1 amide bonds. The van der Waals surface area contributed by atoms with Crippen molar-refractivity contribution in [1.82, 2.24) is 20.0 Å². The van der Waals surface area contributed by atoms with E-state index in [1.807, 2.05) is 72.5 Å². The molecule has 196 valence electrons. The number of anilines is 2. The molecule has 9 nitrogen and oxygen atoms in total. The van der Waals surface area contributed by atoms with Gasteiger partial charge in [0.2, 0.25) is 0 Å². The van der Waals surface area contributed by atoms with E-state index in [0.29, 0.717) is 31.0 Å². The summed E-state index contributed by atoms with van der Waals surface area (Å²) in [7, 11) is 1.60. The van der Waals surface area contributed by atoms with Crippen LogP contribution in [0.15, 0.2) is 78.0 Å². The van der Waals surface area contributed by atoms with Crippen molar-refractivity contribution in [3.63, 3.8) is 0 Å². The van der Waals surface area contributed by atoms with Crippen LogP contribution in [0, 0.1) is 0 Å². The van der Waals surface area contributed by atoms with Gasteiger partial charge in [-0.25, -0.2) is 14.7 Å². The molecule has 2 heterocycles. The number of carboxylic acids is 1. The monoisotopic (exact) mass is 531 g/mol. The molecule has 4 rings (SSSR count). The first kappa shape index (κ1) is 26.9. The van der Waals surface area contributed by atoms with E-state index in [0.717, 1.165) is 32.8 Å². The van der Waals surface area contributed by atoms with E-state index >= 15 is 0 Å². The molecular weight excluding hydrogens is 502 g/mol. The number of carbonyl (C=O) groups is 2. The first-order valence-electron chi connectivity index (χ1n) is 12.2. The van der Waals surface area contributed by atoms with Crippen molar-refractivity contribution in [2.75, 3.05) is 31.6 Å². The van der Waals surface area contributed by atoms with Crippen molar-refractivity contribution in [1.29, 1.82) is 0 Å². The predicted octanol–water partition coefficient (Wildman–Crippen LogP) is 4.45. The van der Waals surface area contributed by atoms with Crippen molar-refractivity contribution < 1.29 is 19.4 Å². The molecule has 4 aromatic rings. The Labute approximate surface area is 225 Å². The number of pyridine rings is 2. The minimum absolute atomic E-state index is 0.139. The first-order chi connectivity index (χ1) is 18.5. The molecule has 38 heavy (non-hydrogen) atoms. The Hall–Kier alpha value is -4.15. The number of rotatable bonds is 12. The third-order valence-electron chi connectivity index (χ3n) is 5.79. The van der Waals surface area contributed by atoms with Crippen LogP contribution in [0.2, 0.25) is 0 Å². The van der Waals surface area contributed by atoms with E-state index < -0.39 is 5.97 Å². The second kappa shape index (κ2) is 12.9. The number of nitrogens with one attached hydrogen (secondary N) is 2. The fourth-order valence-electron chi connectivity index (χ4n) is 4.01. The maximum absolute atomic E-state index is 12.8. The third kappa shape index (κ3) is 6.39. The summed E-state index contributed by atoms with van der Waals surface area (Å²) in [4.78, 5) is 35.5. The highest BCUT2D eigenvalue weighted by Crippen LogP contribution is 2.32. The summed E-state index contributed by atoms with van der Waals surface area (Å²) in [6.45, 7) is 2.84. The summed E-state index contributed by atoms with van der Waals surface area (Å²) >= 11 is 1.28. The normalized spacial score (nSPS) is 10.8. The summed E-state index contributed by atoms with van der Waals surface area (Å²) in [5.74, 6) is 0.857. The highest BCUT2D eigenvalue weighted by Gasteiger charge is 2.19. The SMILES string of the molecule is CCN(c1ccccn1)c1ncc(CCOc2cccc3c(SNCC(=O)O)cccc23)cc1C(=O)NC. The van der Waals surface area contributed by atoms with E-state index in [-0.39, 0.29) is 12.5 Å². The zero-order valence-corrected chi connectivity index (χ0v) is 22.0.